The normalized spacial score (nSPS) is 18.8. The van der Waals surface area contributed by atoms with E-state index in [4.69, 9.17) is 4.74 Å². The standard InChI is InChI=1S/C28H34N2O/c1-20-7-4-8-22(10-6-16-31-3)28(20)23-11-12-25(21(2)17-23)27-19-30-15-13-26(27)24-9-5-14-29-18-24/h4-5,7-9,11-12,14,17-18,26-27,30H,6,10,13,15-16,19H2,1-3H3/t26-,27-/m0/s1. The number of hydrogen-bond donors (Lipinski definition) is 1. The van der Waals surface area contributed by atoms with Gasteiger partial charge in [-0.2, -0.15) is 0 Å². The summed E-state index contributed by atoms with van der Waals surface area (Å²) in [7, 11) is 1.78. The molecular weight excluding hydrogens is 380 g/mol. The van der Waals surface area contributed by atoms with Gasteiger partial charge in [0.25, 0.3) is 0 Å². The third-order valence-corrected chi connectivity index (χ3v) is 6.71. The molecule has 0 amide bonds. The van der Waals surface area contributed by atoms with Gasteiger partial charge in [-0.05, 0) is 90.6 Å². The van der Waals surface area contributed by atoms with Gasteiger partial charge in [0.1, 0.15) is 0 Å². The van der Waals surface area contributed by atoms with E-state index in [9.17, 15) is 0 Å². The summed E-state index contributed by atoms with van der Waals surface area (Å²) in [4.78, 5) is 4.38. The molecule has 1 aliphatic rings. The van der Waals surface area contributed by atoms with Crippen molar-refractivity contribution in [2.24, 2.45) is 0 Å². The highest BCUT2D eigenvalue weighted by Crippen LogP contribution is 2.40. The minimum Gasteiger partial charge on any atom is -0.385 e. The van der Waals surface area contributed by atoms with Crippen LogP contribution in [0, 0.1) is 13.8 Å². The summed E-state index contributed by atoms with van der Waals surface area (Å²) in [5.41, 5.74) is 9.67. The number of methoxy groups -OCH3 is 1. The molecule has 1 saturated heterocycles. The Hall–Kier alpha value is -2.49. The number of aryl methyl sites for hydroxylation is 3. The summed E-state index contributed by atoms with van der Waals surface area (Å²) in [6.07, 6.45) is 7.16. The first kappa shape index (κ1) is 21.7. The average Bonchev–Trinajstić information content (AvgIpc) is 2.80. The Morgan fingerprint density at radius 2 is 1.94 bits per heavy atom. The maximum atomic E-state index is 5.28. The summed E-state index contributed by atoms with van der Waals surface area (Å²) in [6.45, 7) is 7.39. The summed E-state index contributed by atoms with van der Waals surface area (Å²) in [5, 5.41) is 3.62. The average molecular weight is 415 g/mol. The fourth-order valence-electron chi connectivity index (χ4n) is 5.18. The monoisotopic (exact) mass is 414 g/mol. The zero-order chi connectivity index (χ0) is 21.6. The summed E-state index contributed by atoms with van der Waals surface area (Å²) in [6, 6.07) is 18.1. The van der Waals surface area contributed by atoms with Gasteiger partial charge in [0.05, 0.1) is 0 Å². The minimum atomic E-state index is 0.477. The van der Waals surface area contributed by atoms with E-state index in [2.05, 4.69) is 72.7 Å². The molecule has 0 aliphatic carbocycles. The van der Waals surface area contributed by atoms with Crippen molar-refractivity contribution in [2.45, 2.75) is 44.9 Å². The molecule has 4 rings (SSSR count). The molecule has 3 nitrogen and oxygen atoms in total. The van der Waals surface area contributed by atoms with Gasteiger partial charge in [-0.1, -0.05) is 42.5 Å². The highest BCUT2D eigenvalue weighted by molar-refractivity contribution is 5.72. The molecule has 0 bridgehead atoms. The van der Waals surface area contributed by atoms with Gasteiger partial charge in [-0.3, -0.25) is 4.98 Å². The second kappa shape index (κ2) is 10.2. The van der Waals surface area contributed by atoms with Crippen LogP contribution in [0.1, 0.15) is 52.5 Å². The lowest BCUT2D eigenvalue weighted by Gasteiger charge is -2.34. The van der Waals surface area contributed by atoms with Crippen LogP contribution in [0.2, 0.25) is 0 Å². The summed E-state index contributed by atoms with van der Waals surface area (Å²) < 4.78 is 5.28. The number of nitrogens with one attached hydrogen (secondary N) is 1. The zero-order valence-corrected chi connectivity index (χ0v) is 19.0. The maximum absolute atomic E-state index is 5.28. The van der Waals surface area contributed by atoms with Crippen molar-refractivity contribution in [3.05, 3.63) is 88.7 Å². The molecule has 0 spiro atoms. The Kier molecular flexibility index (Phi) is 7.16. The van der Waals surface area contributed by atoms with E-state index in [1.165, 1.54) is 38.9 Å². The molecule has 1 N–H and O–H groups in total. The predicted molar refractivity (Wildman–Crippen MR) is 129 cm³/mol. The van der Waals surface area contributed by atoms with Crippen LogP contribution in [0.3, 0.4) is 0 Å². The summed E-state index contributed by atoms with van der Waals surface area (Å²) >= 11 is 0. The van der Waals surface area contributed by atoms with Crippen molar-refractivity contribution in [3.8, 4) is 11.1 Å². The molecule has 0 unspecified atom stereocenters. The molecule has 162 valence electrons. The Morgan fingerprint density at radius 3 is 2.71 bits per heavy atom. The molecule has 2 aromatic carbocycles. The smallest absolute Gasteiger partial charge is 0.0465 e. The molecule has 3 aromatic rings. The van der Waals surface area contributed by atoms with Crippen molar-refractivity contribution in [2.75, 3.05) is 26.8 Å². The van der Waals surface area contributed by atoms with Crippen molar-refractivity contribution in [1.82, 2.24) is 10.3 Å². The van der Waals surface area contributed by atoms with Crippen molar-refractivity contribution in [1.29, 1.82) is 0 Å². The van der Waals surface area contributed by atoms with Crippen molar-refractivity contribution in [3.63, 3.8) is 0 Å². The molecule has 2 atom stereocenters. The Labute approximate surface area is 186 Å². The molecule has 1 aromatic heterocycles. The van der Waals surface area contributed by atoms with Gasteiger partial charge in [0.2, 0.25) is 0 Å². The van der Waals surface area contributed by atoms with Crippen LogP contribution < -0.4 is 5.32 Å². The number of pyridine rings is 1. The van der Waals surface area contributed by atoms with E-state index in [0.29, 0.717) is 11.8 Å². The van der Waals surface area contributed by atoms with Crippen molar-refractivity contribution >= 4 is 0 Å². The fraction of sp³-hybridized carbons (Fsp3) is 0.393. The van der Waals surface area contributed by atoms with Crippen LogP contribution in [0.25, 0.3) is 11.1 Å². The Morgan fingerprint density at radius 1 is 1.03 bits per heavy atom. The van der Waals surface area contributed by atoms with Gasteiger partial charge in [0, 0.05) is 38.6 Å². The van der Waals surface area contributed by atoms with E-state index in [1.807, 2.05) is 12.4 Å². The third-order valence-electron chi connectivity index (χ3n) is 6.71. The fourth-order valence-corrected chi connectivity index (χ4v) is 5.18. The van der Waals surface area contributed by atoms with E-state index in [-0.39, 0.29) is 0 Å². The largest absolute Gasteiger partial charge is 0.385 e. The first-order chi connectivity index (χ1) is 15.2. The number of ether oxygens (including phenoxy) is 1. The Balaban J connectivity index is 1.66. The first-order valence-corrected chi connectivity index (χ1v) is 11.5. The van der Waals surface area contributed by atoms with Crippen LogP contribution in [0.5, 0.6) is 0 Å². The highest BCUT2D eigenvalue weighted by Gasteiger charge is 2.29. The lowest BCUT2D eigenvalue weighted by atomic mass is 9.76. The van der Waals surface area contributed by atoms with Gasteiger partial charge < -0.3 is 10.1 Å². The zero-order valence-electron chi connectivity index (χ0n) is 19.0. The molecular formula is C28H34N2O. The number of piperidine rings is 1. The van der Waals surface area contributed by atoms with E-state index in [0.717, 1.165) is 39.0 Å². The molecule has 0 saturated carbocycles. The second-order valence-corrected chi connectivity index (χ2v) is 8.77. The molecule has 0 radical (unpaired) electrons. The lowest BCUT2D eigenvalue weighted by Crippen LogP contribution is -2.34. The number of nitrogens with zero attached hydrogens (tertiary/aromatic N) is 1. The topological polar surface area (TPSA) is 34.1 Å². The molecule has 31 heavy (non-hydrogen) atoms. The van der Waals surface area contributed by atoms with Gasteiger partial charge >= 0.3 is 0 Å². The minimum absolute atomic E-state index is 0.477. The van der Waals surface area contributed by atoms with E-state index >= 15 is 0 Å². The number of hydrogen-bond acceptors (Lipinski definition) is 3. The molecule has 1 aliphatic heterocycles. The van der Waals surface area contributed by atoms with Crippen LogP contribution >= 0.6 is 0 Å². The quantitative estimate of drug-likeness (QED) is 0.496. The predicted octanol–water partition coefficient (Wildman–Crippen LogP) is 5.81. The number of benzene rings is 2. The third kappa shape index (κ3) is 4.89. The van der Waals surface area contributed by atoms with Crippen LogP contribution in [-0.4, -0.2) is 31.8 Å². The Bertz CT molecular complexity index is 999. The number of rotatable bonds is 7. The first-order valence-electron chi connectivity index (χ1n) is 11.5. The van der Waals surface area contributed by atoms with E-state index in [1.54, 1.807) is 7.11 Å². The molecule has 3 heteroatoms. The van der Waals surface area contributed by atoms with Crippen molar-refractivity contribution < 1.29 is 4.74 Å². The SMILES string of the molecule is COCCCc1cccc(C)c1-c1ccc([C@@H]2CNCC[C@H]2c2cccnc2)c(C)c1. The van der Waals surface area contributed by atoms with Crippen LogP contribution in [0.15, 0.2) is 60.9 Å². The van der Waals surface area contributed by atoms with Crippen LogP contribution in [0.4, 0.5) is 0 Å². The highest BCUT2D eigenvalue weighted by atomic mass is 16.5. The van der Waals surface area contributed by atoms with E-state index < -0.39 is 0 Å². The summed E-state index contributed by atoms with van der Waals surface area (Å²) in [5.74, 6) is 0.993. The second-order valence-electron chi connectivity index (χ2n) is 8.77. The number of aromatic nitrogens is 1. The molecule has 1 fully saturated rings. The van der Waals surface area contributed by atoms with Gasteiger partial charge in [-0.25, -0.2) is 0 Å². The maximum Gasteiger partial charge on any atom is 0.0465 e. The molecule has 2 heterocycles. The van der Waals surface area contributed by atoms with Crippen LogP contribution in [-0.2, 0) is 11.2 Å². The lowest BCUT2D eigenvalue weighted by molar-refractivity contribution is 0.195. The van der Waals surface area contributed by atoms with Gasteiger partial charge in [0.15, 0.2) is 0 Å². The van der Waals surface area contributed by atoms with Gasteiger partial charge in [-0.15, -0.1) is 0 Å².